The van der Waals surface area contributed by atoms with Crippen molar-refractivity contribution in [2.24, 2.45) is 0 Å². The monoisotopic (exact) mass is 328 g/mol. The number of morpholine rings is 1. The van der Waals surface area contributed by atoms with Crippen LogP contribution in [-0.4, -0.2) is 30.0 Å². The van der Waals surface area contributed by atoms with Crippen LogP contribution >= 0.6 is 0 Å². The Hall–Kier alpha value is -2.40. The van der Waals surface area contributed by atoms with E-state index >= 15 is 0 Å². The first-order chi connectivity index (χ1) is 11.5. The zero-order chi connectivity index (χ0) is 17.1. The molecular formula is C19H21FN2O2. The Morgan fingerprint density at radius 3 is 2.50 bits per heavy atom. The van der Waals surface area contributed by atoms with Crippen LogP contribution in [0.15, 0.2) is 48.5 Å². The van der Waals surface area contributed by atoms with Crippen LogP contribution in [0.3, 0.4) is 0 Å². The van der Waals surface area contributed by atoms with Gasteiger partial charge in [-0.25, -0.2) is 4.39 Å². The number of anilines is 1. The molecule has 2 aromatic carbocycles. The van der Waals surface area contributed by atoms with Crippen LogP contribution in [0.2, 0.25) is 0 Å². The van der Waals surface area contributed by atoms with Gasteiger partial charge in [-0.05, 0) is 42.3 Å². The largest absolute Gasteiger partial charge is 0.399 e. The van der Waals surface area contributed by atoms with E-state index in [9.17, 15) is 9.18 Å². The topological polar surface area (TPSA) is 55.6 Å². The lowest BCUT2D eigenvalue weighted by atomic mass is 10.1. The minimum atomic E-state index is -0.279. The predicted octanol–water partition coefficient (Wildman–Crippen LogP) is 2.94. The second-order valence-electron chi connectivity index (χ2n) is 6.20. The van der Waals surface area contributed by atoms with Gasteiger partial charge in [0.1, 0.15) is 11.9 Å². The molecule has 2 aromatic rings. The summed E-state index contributed by atoms with van der Waals surface area (Å²) in [6.45, 7) is 2.98. The van der Waals surface area contributed by atoms with E-state index < -0.39 is 0 Å². The maximum atomic E-state index is 13.1. The second kappa shape index (κ2) is 7.01. The van der Waals surface area contributed by atoms with Crippen molar-refractivity contribution in [3.05, 3.63) is 65.5 Å². The summed E-state index contributed by atoms with van der Waals surface area (Å²) in [6.07, 6.45) is 0.0391. The fraction of sp³-hybridized carbons (Fsp3) is 0.316. The maximum absolute atomic E-state index is 13.1. The highest BCUT2D eigenvalue weighted by molar-refractivity contribution is 5.79. The number of nitrogens with zero attached hydrogens (tertiary/aromatic N) is 1. The van der Waals surface area contributed by atoms with Crippen molar-refractivity contribution in [2.75, 3.05) is 18.8 Å². The lowest BCUT2D eigenvalue weighted by Crippen LogP contribution is -2.46. The molecule has 1 aliphatic rings. The van der Waals surface area contributed by atoms with Crippen LogP contribution in [-0.2, 0) is 16.0 Å². The summed E-state index contributed by atoms with van der Waals surface area (Å²) >= 11 is 0. The molecule has 1 amide bonds. The predicted molar refractivity (Wildman–Crippen MR) is 90.8 cm³/mol. The van der Waals surface area contributed by atoms with Crippen LogP contribution in [0, 0.1) is 5.82 Å². The molecule has 0 aromatic heterocycles. The van der Waals surface area contributed by atoms with Gasteiger partial charge in [-0.2, -0.15) is 0 Å². The quantitative estimate of drug-likeness (QED) is 0.882. The van der Waals surface area contributed by atoms with Crippen molar-refractivity contribution in [3.63, 3.8) is 0 Å². The Labute approximate surface area is 141 Å². The average molecular weight is 328 g/mol. The third-order valence-corrected chi connectivity index (χ3v) is 4.19. The molecule has 0 radical (unpaired) electrons. The van der Waals surface area contributed by atoms with E-state index in [2.05, 4.69) is 0 Å². The lowest BCUT2D eigenvalue weighted by Gasteiger charge is -2.37. The van der Waals surface area contributed by atoms with Crippen molar-refractivity contribution in [1.29, 1.82) is 0 Å². The highest BCUT2D eigenvalue weighted by Crippen LogP contribution is 2.26. The van der Waals surface area contributed by atoms with E-state index in [4.69, 9.17) is 10.5 Å². The van der Waals surface area contributed by atoms with Gasteiger partial charge in [0, 0.05) is 12.2 Å². The number of nitrogen functional groups attached to an aromatic ring is 1. The summed E-state index contributed by atoms with van der Waals surface area (Å²) in [5, 5.41) is 0. The molecule has 126 valence electrons. The molecule has 3 rings (SSSR count). The summed E-state index contributed by atoms with van der Waals surface area (Å²) in [4.78, 5) is 14.4. The van der Waals surface area contributed by atoms with Gasteiger partial charge in [0.05, 0.1) is 19.1 Å². The summed E-state index contributed by atoms with van der Waals surface area (Å²) in [5.74, 6) is -0.221. The van der Waals surface area contributed by atoms with E-state index in [1.54, 1.807) is 24.3 Å². The number of ether oxygens (including phenoxy) is 1. The number of benzene rings is 2. The molecule has 5 heteroatoms. The van der Waals surface area contributed by atoms with E-state index in [-0.39, 0.29) is 23.9 Å². The minimum Gasteiger partial charge on any atom is -0.399 e. The summed E-state index contributed by atoms with van der Waals surface area (Å²) in [5.41, 5.74) is 8.18. The molecule has 4 nitrogen and oxygen atoms in total. The number of hydrogen-bond donors (Lipinski definition) is 1. The van der Waals surface area contributed by atoms with Gasteiger partial charge in [-0.15, -0.1) is 0 Å². The Morgan fingerprint density at radius 2 is 1.83 bits per heavy atom. The van der Waals surface area contributed by atoms with Crippen LogP contribution < -0.4 is 5.73 Å². The van der Waals surface area contributed by atoms with E-state index in [0.29, 0.717) is 25.2 Å². The van der Waals surface area contributed by atoms with Crippen LogP contribution in [0.1, 0.15) is 24.2 Å². The second-order valence-corrected chi connectivity index (χ2v) is 6.20. The molecule has 0 unspecified atom stereocenters. The number of amides is 1. The first-order valence-electron chi connectivity index (χ1n) is 8.04. The smallest absolute Gasteiger partial charge is 0.227 e. The minimum absolute atomic E-state index is 0.0574. The van der Waals surface area contributed by atoms with Crippen molar-refractivity contribution < 1.29 is 13.9 Å². The van der Waals surface area contributed by atoms with Gasteiger partial charge >= 0.3 is 0 Å². The molecule has 2 atom stereocenters. The van der Waals surface area contributed by atoms with Crippen LogP contribution in [0.4, 0.5) is 10.1 Å². The highest BCUT2D eigenvalue weighted by atomic mass is 19.1. The van der Waals surface area contributed by atoms with Crippen LogP contribution in [0.25, 0.3) is 0 Å². The first-order valence-corrected chi connectivity index (χ1v) is 8.04. The maximum Gasteiger partial charge on any atom is 0.227 e. The standard InChI is InChI=1S/C19H21FN2O2/c1-13-11-22(19(23)10-14-2-8-17(21)9-3-14)12-18(24-13)15-4-6-16(20)7-5-15/h2-9,13,18H,10-12,21H2,1H3/t13-,18-/m0/s1. The van der Waals surface area contributed by atoms with E-state index in [1.165, 1.54) is 12.1 Å². The van der Waals surface area contributed by atoms with Gasteiger partial charge in [0.2, 0.25) is 5.91 Å². The third kappa shape index (κ3) is 3.92. The summed E-state index contributed by atoms with van der Waals surface area (Å²) in [7, 11) is 0. The molecule has 24 heavy (non-hydrogen) atoms. The molecule has 0 aliphatic carbocycles. The normalized spacial score (nSPS) is 20.8. The molecule has 2 N–H and O–H groups in total. The SMILES string of the molecule is C[C@H]1CN(C(=O)Cc2ccc(N)cc2)C[C@@H](c2ccc(F)cc2)O1. The fourth-order valence-electron chi connectivity index (χ4n) is 2.94. The Kier molecular flexibility index (Phi) is 4.81. The van der Waals surface area contributed by atoms with Crippen molar-refractivity contribution in [2.45, 2.75) is 25.6 Å². The Bertz CT molecular complexity index is 700. The lowest BCUT2D eigenvalue weighted by molar-refractivity contribution is -0.144. The molecule has 1 heterocycles. The third-order valence-electron chi connectivity index (χ3n) is 4.19. The zero-order valence-electron chi connectivity index (χ0n) is 13.6. The number of hydrogen-bond acceptors (Lipinski definition) is 3. The number of rotatable bonds is 3. The molecule has 1 fully saturated rings. The summed E-state index contributed by atoms with van der Waals surface area (Å²) in [6, 6.07) is 13.6. The molecular weight excluding hydrogens is 307 g/mol. The first kappa shape index (κ1) is 16.5. The Balaban J connectivity index is 1.69. The van der Waals surface area contributed by atoms with Gasteiger partial charge in [-0.1, -0.05) is 24.3 Å². The van der Waals surface area contributed by atoms with Gasteiger partial charge in [-0.3, -0.25) is 4.79 Å². The number of carbonyl (C=O) groups excluding carboxylic acids is 1. The zero-order valence-corrected chi connectivity index (χ0v) is 13.6. The van der Waals surface area contributed by atoms with Gasteiger partial charge in [0.15, 0.2) is 0 Å². The number of halogens is 1. The molecule has 1 aliphatic heterocycles. The average Bonchev–Trinajstić information content (AvgIpc) is 2.57. The molecule has 0 spiro atoms. The van der Waals surface area contributed by atoms with Crippen molar-refractivity contribution in [3.8, 4) is 0 Å². The fourth-order valence-corrected chi connectivity index (χ4v) is 2.94. The number of nitrogens with two attached hydrogens (primary N) is 1. The van der Waals surface area contributed by atoms with Gasteiger partial charge in [0.25, 0.3) is 0 Å². The van der Waals surface area contributed by atoms with E-state index in [1.807, 2.05) is 24.0 Å². The molecule has 1 saturated heterocycles. The summed E-state index contributed by atoms with van der Waals surface area (Å²) < 4.78 is 19.0. The van der Waals surface area contributed by atoms with Gasteiger partial charge < -0.3 is 15.4 Å². The Morgan fingerprint density at radius 1 is 1.17 bits per heavy atom. The van der Waals surface area contributed by atoms with E-state index in [0.717, 1.165) is 11.1 Å². The molecule has 0 bridgehead atoms. The molecule has 0 saturated carbocycles. The highest BCUT2D eigenvalue weighted by Gasteiger charge is 2.29. The van der Waals surface area contributed by atoms with Crippen molar-refractivity contribution >= 4 is 11.6 Å². The number of carbonyl (C=O) groups is 1. The van der Waals surface area contributed by atoms with Crippen molar-refractivity contribution in [1.82, 2.24) is 4.90 Å². The van der Waals surface area contributed by atoms with Crippen LogP contribution in [0.5, 0.6) is 0 Å².